The highest BCUT2D eigenvalue weighted by Crippen LogP contribution is 1.70. The molecule has 0 aromatic heterocycles. The second kappa shape index (κ2) is 5.01. The number of allylic oxidation sites excluding steroid dienone is 1. The molecular formula is C6H7N. The molecule has 0 heterocycles. The highest BCUT2D eigenvalue weighted by atomic mass is 14.3. The van der Waals surface area contributed by atoms with Gasteiger partial charge in [-0.1, -0.05) is 12.7 Å². The summed E-state index contributed by atoms with van der Waals surface area (Å²) < 4.78 is 0. The van der Waals surface area contributed by atoms with Crippen molar-refractivity contribution < 1.29 is 0 Å². The van der Waals surface area contributed by atoms with E-state index in [0.717, 1.165) is 6.42 Å². The molecule has 0 amide bonds. The quantitative estimate of drug-likeness (QED) is 0.375. The standard InChI is InChI=1S/C6H7N/c1-2-3-4-5-6-7/h3,7H,2H2,1H3. The molecule has 1 heteroatoms. The molecule has 1 nitrogen and oxygen atoms in total. The largest absolute Gasteiger partial charge is 0.251 e. The molecule has 0 unspecified atom stereocenters. The fourth-order valence-electron chi connectivity index (χ4n) is 0.189. The smallest absolute Gasteiger partial charge is 0.0393 e. The molecule has 0 bridgehead atoms. The maximum Gasteiger partial charge on any atom is 0.0393 e. The molecular weight excluding hydrogens is 86.1 g/mol. The molecule has 0 aliphatic rings. The molecule has 0 aromatic carbocycles. The third kappa shape index (κ3) is 5.01. The Morgan fingerprint density at radius 2 is 2.43 bits per heavy atom. The predicted molar refractivity (Wildman–Crippen MR) is 29.6 cm³/mol. The lowest BCUT2D eigenvalue weighted by molar-refractivity contribution is 1.23. The lowest BCUT2D eigenvalue weighted by atomic mass is 10.5. The Hall–Kier alpha value is -0.990. The molecule has 0 saturated carbocycles. The van der Waals surface area contributed by atoms with Crippen LogP contribution < -0.4 is 0 Å². The summed E-state index contributed by atoms with van der Waals surface area (Å²) in [4.78, 5) is 0. The second-order valence-corrected chi connectivity index (χ2v) is 1.01. The van der Waals surface area contributed by atoms with Crippen LogP contribution in [0.4, 0.5) is 0 Å². The van der Waals surface area contributed by atoms with Crippen molar-refractivity contribution >= 4 is 5.87 Å². The van der Waals surface area contributed by atoms with Gasteiger partial charge in [0.2, 0.25) is 0 Å². The minimum absolute atomic E-state index is 0.939. The number of nitrogens with one attached hydrogen (secondary N) is 1. The maximum absolute atomic E-state index is 6.34. The summed E-state index contributed by atoms with van der Waals surface area (Å²) in [7, 11) is 0. The van der Waals surface area contributed by atoms with E-state index in [-0.39, 0.29) is 0 Å². The first-order valence-corrected chi connectivity index (χ1v) is 2.15. The number of rotatable bonds is 1. The molecule has 0 aliphatic heterocycles. The van der Waals surface area contributed by atoms with E-state index in [0.29, 0.717) is 0 Å². The Bertz CT molecular complexity index is 140. The Labute approximate surface area is 43.2 Å². The van der Waals surface area contributed by atoms with Crippen molar-refractivity contribution in [3.63, 3.8) is 0 Å². The normalized spacial score (nSPS) is 5.29. The summed E-state index contributed by atoms with van der Waals surface area (Å²) in [5.41, 5.74) is 4.97. The van der Waals surface area contributed by atoms with Crippen LogP contribution in [0.1, 0.15) is 13.3 Å². The van der Waals surface area contributed by atoms with E-state index in [1.807, 2.05) is 12.8 Å². The Morgan fingerprint density at radius 1 is 1.71 bits per heavy atom. The molecule has 7 heavy (non-hydrogen) atoms. The van der Waals surface area contributed by atoms with Crippen molar-refractivity contribution in [1.29, 1.82) is 5.41 Å². The van der Waals surface area contributed by atoms with E-state index in [9.17, 15) is 0 Å². The highest BCUT2D eigenvalue weighted by Gasteiger charge is 1.52. The minimum Gasteiger partial charge on any atom is -0.251 e. The van der Waals surface area contributed by atoms with Crippen LogP contribution in [0.3, 0.4) is 0 Å². The van der Waals surface area contributed by atoms with Gasteiger partial charge in [0.15, 0.2) is 0 Å². The zero-order valence-corrected chi connectivity index (χ0v) is 4.28. The summed E-state index contributed by atoms with van der Waals surface area (Å²) in [6.45, 7) is 2.00. The van der Waals surface area contributed by atoms with E-state index >= 15 is 0 Å². The topological polar surface area (TPSA) is 23.9 Å². The van der Waals surface area contributed by atoms with Crippen molar-refractivity contribution in [2.45, 2.75) is 13.3 Å². The van der Waals surface area contributed by atoms with Crippen LogP contribution in [0.2, 0.25) is 0 Å². The molecule has 36 valence electrons. The summed E-state index contributed by atoms with van der Waals surface area (Å²) >= 11 is 0. The number of hydrogen-bond acceptors (Lipinski definition) is 1. The Morgan fingerprint density at radius 3 is 2.86 bits per heavy atom. The highest BCUT2D eigenvalue weighted by molar-refractivity contribution is 5.45. The molecule has 0 atom stereocenters. The lowest BCUT2D eigenvalue weighted by Gasteiger charge is -1.59. The third-order valence-electron chi connectivity index (χ3n) is 0.441. The third-order valence-corrected chi connectivity index (χ3v) is 0.441. The SMILES string of the molecule is CCC=C=C=C=N. The Balaban J connectivity index is 3.89. The van der Waals surface area contributed by atoms with E-state index in [2.05, 4.69) is 11.5 Å². The van der Waals surface area contributed by atoms with Crippen LogP contribution in [0.5, 0.6) is 0 Å². The monoisotopic (exact) mass is 93.1 g/mol. The zero-order valence-electron chi connectivity index (χ0n) is 4.28. The van der Waals surface area contributed by atoms with Crippen LogP contribution in [-0.2, 0) is 0 Å². The van der Waals surface area contributed by atoms with Crippen LogP contribution in [0.15, 0.2) is 17.5 Å². The predicted octanol–water partition coefficient (Wildman–Crippen LogP) is 1.51. The van der Waals surface area contributed by atoms with Gasteiger partial charge in [-0.3, -0.25) is 5.41 Å². The van der Waals surface area contributed by atoms with Crippen molar-refractivity contribution in [2.75, 3.05) is 0 Å². The fraction of sp³-hybridized carbons (Fsp3) is 0.333. The molecule has 1 N–H and O–H groups in total. The van der Waals surface area contributed by atoms with Gasteiger partial charge in [-0.15, -0.1) is 0 Å². The molecule has 0 aromatic rings. The lowest BCUT2D eigenvalue weighted by Crippen LogP contribution is -1.41. The van der Waals surface area contributed by atoms with Gasteiger partial charge in [0.25, 0.3) is 0 Å². The Kier molecular flexibility index (Phi) is 4.30. The summed E-state index contributed by atoms with van der Waals surface area (Å²) in [6.07, 6.45) is 2.73. The van der Waals surface area contributed by atoms with Crippen LogP contribution in [0.25, 0.3) is 0 Å². The molecule has 0 rings (SSSR count). The first kappa shape index (κ1) is 6.01. The molecule has 0 aliphatic carbocycles. The van der Waals surface area contributed by atoms with Gasteiger partial charge in [0.05, 0.1) is 0 Å². The average Bonchev–Trinajstić information content (AvgIpc) is 1.69. The molecule has 0 saturated heterocycles. The van der Waals surface area contributed by atoms with E-state index in [4.69, 9.17) is 5.41 Å². The van der Waals surface area contributed by atoms with Gasteiger partial charge in [-0.25, -0.2) is 0 Å². The van der Waals surface area contributed by atoms with Gasteiger partial charge in [-0.2, -0.15) is 0 Å². The van der Waals surface area contributed by atoms with Crippen LogP contribution in [-0.4, -0.2) is 5.87 Å². The van der Waals surface area contributed by atoms with E-state index in [1.54, 1.807) is 6.08 Å². The van der Waals surface area contributed by atoms with Crippen LogP contribution in [0, 0.1) is 5.41 Å². The summed E-state index contributed by atoms with van der Waals surface area (Å²) in [5, 5.41) is 6.34. The van der Waals surface area contributed by atoms with Crippen molar-refractivity contribution in [3.05, 3.63) is 17.5 Å². The molecule has 0 spiro atoms. The average molecular weight is 93.1 g/mol. The first-order chi connectivity index (χ1) is 3.41. The molecule has 0 radical (unpaired) electrons. The van der Waals surface area contributed by atoms with E-state index < -0.39 is 0 Å². The van der Waals surface area contributed by atoms with Crippen molar-refractivity contribution in [2.24, 2.45) is 0 Å². The molecule has 0 fully saturated rings. The zero-order chi connectivity index (χ0) is 5.54. The van der Waals surface area contributed by atoms with E-state index in [1.165, 1.54) is 0 Å². The van der Waals surface area contributed by atoms with Gasteiger partial charge in [0, 0.05) is 11.6 Å². The second-order valence-electron chi connectivity index (χ2n) is 1.01. The van der Waals surface area contributed by atoms with Gasteiger partial charge in [0.1, 0.15) is 0 Å². The van der Waals surface area contributed by atoms with Crippen molar-refractivity contribution in [3.8, 4) is 0 Å². The fourth-order valence-corrected chi connectivity index (χ4v) is 0.189. The van der Waals surface area contributed by atoms with Gasteiger partial charge < -0.3 is 0 Å². The number of hydrogen-bond donors (Lipinski definition) is 1. The van der Waals surface area contributed by atoms with Gasteiger partial charge in [-0.05, 0) is 12.5 Å². The maximum atomic E-state index is 6.34. The van der Waals surface area contributed by atoms with Crippen LogP contribution >= 0.6 is 0 Å². The minimum atomic E-state index is 0.939. The summed E-state index contributed by atoms with van der Waals surface area (Å²) in [6, 6.07) is 0. The van der Waals surface area contributed by atoms with Crippen molar-refractivity contribution in [1.82, 2.24) is 0 Å². The summed E-state index contributed by atoms with van der Waals surface area (Å²) in [5.74, 6) is 1.96. The first-order valence-electron chi connectivity index (χ1n) is 2.15. The van der Waals surface area contributed by atoms with Gasteiger partial charge >= 0.3 is 0 Å².